The first kappa shape index (κ1) is 27.8. The number of nitrogens with zero attached hydrogens (tertiary/aromatic N) is 4. The van der Waals surface area contributed by atoms with Gasteiger partial charge in [0.2, 0.25) is 10.0 Å². The molecule has 0 spiro atoms. The van der Waals surface area contributed by atoms with Gasteiger partial charge in [0.25, 0.3) is 12.3 Å². The Bertz CT molecular complexity index is 1620. The average Bonchev–Trinajstić information content (AvgIpc) is 3.28. The third kappa shape index (κ3) is 6.51. The van der Waals surface area contributed by atoms with Gasteiger partial charge < -0.3 is 10.6 Å². The molecule has 4 aromatic rings. The highest BCUT2D eigenvalue weighted by molar-refractivity contribution is 7.93. The van der Waals surface area contributed by atoms with E-state index in [2.05, 4.69) is 29.7 Å². The van der Waals surface area contributed by atoms with Crippen LogP contribution in [0.4, 0.5) is 31.0 Å². The van der Waals surface area contributed by atoms with Gasteiger partial charge in [-0.25, -0.2) is 22.2 Å². The summed E-state index contributed by atoms with van der Waals surface area (Å²) in [5.41, 5.74) is 2.99. The summed E-state index contributed by atoms with van der Waals surface area (Å²) in [6.45, 7) is 1.95. The minimum Gasteiger partial charge on any atom is -0.329 e. The Hall–Kier alpha value is -3.75. The second kappa shape index (κ2) is 11.8. The highest BCUT2D eigenvalue weighted by atomic mass is 32.2. The molecule has 1 saturated heterocycles. The number of anilines is 4. The molecular weight excluding hydrogens is 560 g/mol. The smallest absolute Gasteiger partial charge is 0.260 e. The molecule has 3 N–H and O–H groups in total. The number of piperidine rings is 1. The second-order valence-corrected chi connectivity index (χ2v) is 12.1. The number of para-hydroxylation sites is 2. The molecule has 14 heteroatoms. The first-order valence-electron chi connectivity index (χ1n) is 12.6. The van der Waals surface area contributed by atoms with Crippen LogP contribution in [-0.4, -0.2) is 64.9 Å². The van der Waals surface area contributed by atoms with E-state index in [1.165, 1.54) is 6.07 Å². The van der Waals surface area contributed by atoms with Gasteiger partial charge in [-0.1, -0.05) is 18.2 Å². The van der Waals surface area contributed by atoms with Crippen LogP contribution in [0, 0.1) is 6.92 Å². The number of benzene rings is 2. The van der Waals surface area contributed by atoms with E-state index in [0.717, 1.165) is 17.0 Å². The molecule has 10 nitrogen and oxygen atoms in total. The van der Waals surface area contributed by atoms with Crippen molar-refractivity contribution in [3.05, 3.63) is 66.0 Å². The molecule has 1 aliphatic heterocycles. The van der Waals surface area contributed by atoms with E-state index in [-0.39, 0.29) is 25.1 Å². The predicted molar refractivity (Wildman–Crippen MR) is 152 cm³/mol. The number of sulfonamides is 1. The van der Waals surface area contributed by atoms with Gasteiger partial charge in [0.15, 0.2) is 0 Å². The Morgan fingerprint density at radius 1 is 1.10 bits per heavy atom. The zero-order chi connectivity index (χ0) is 28.3. The van der Waals surface area contributed by atoms with Gasteiger partial charge >= 0.3 is 0 Å². The van der Waals surface area contributed by atoms with E-state index >= 15 is 0 Å². The predicted octanol–water partition coefficient (Wildman–Crippen LogP) is 4.86. The van der Waals surface area contributed by atoms with Crippen molar-refractivity contribution in [1.29, 1.82) is 0 Å². The maximum absolute atomic E-state index is 13.3. The second-order valence-electron chi connectivity index (χ2n) is 9.41. The van der Waals surface area contributed by atoms with Crippen molar-refractivity contribution in [2.75, 3.05) is 35.0 Å². The van der Waals surface area contributed by atoms with E-state index in [4.69, 9.17) is 0 Å². The van der Waals surface area contributed by atoms with Crippen LogP contribution in [0.5, 0.6) is 0 Å². The Balaban J connectivity index is 1.26. The number of aromatic nitrogens is 3. The van der Waals surface area contributed by atoms with Crippen LogP contribution in [-0.2, 0) is 10.0 Å². The van der Waals surface area contributed by atoms with Gasteiger partial charge in [-0.15, -0.1) is 0 Å². The van der Waals surface area contributed by atoms with Crippen LogP contribution in [0.1, 0.15) is 28.9 Å². The van der Waals surface area contributed by atoms with Crippen LogP contribution in [0.2, 0.25) is 0 Å². The van der Waals surface area contributed by atoms with Crippen molar-refractivity contribution >= 4 is 60.7 Å². The molecule has 0 bridgehead atoms. The first-order valence-corrected chi connectivity index (χ1v) is 14.9. The number of carbonyl (C=O) groups is 1. The molecule has 2 aromatic heterocycles. The van der Waals surface area contributed by atoms with Crippen molar-refractivity contribution in [2.45, 2.75) is 31.4 Å². The Kier molecular flexibility index (Phi) is 8.19. The van der Waals surface area contributed by atoms with Crippen molar-refractivity contribution in [1.82, 2.24) is 19.2 Å². The maximum Gasteiger partial charge on any atom is 0.260 e. The monoisotopic (exact) mass is 587 g/mol. The number of nitrogens with one attached hydrogen (secondary N) is 3. The van der Waals surface area contributed by atoms with E-state index in [1.54, 1.807) is 36.2 Å². The Labute approximate surface area is 234 Å². The minimum atomic E-state index is -3.75. The van der Waals surface area contributed by atoms with E-state index < -0.39 is 27.6 Å². The molecule has 1 aliphatic rings. The lowest BCUT2D eigenvalue weighted by molar-refractivity contribution is 0.0793. The SMILES string of the molecule is Cc1nsc(Nc2cnc3ccccc3n2)c1C(=O)Nc1cccc(NS(=O)(=O)C2CCN(CC(F)F)CC2)c1. The number of amides is 1. The van der Waals surface area contributed by atoms with Gasteiger partial charge in [0, 0.05) is 5.69 Å². The number of halogens is 2. The lowest BCUT2D eigenvalue weighted by Crippen LogP contribution is -2.42. The fraction of sp³-hybridized carbons (Fsp3) is 0.308. The standard InChI is InChI=1S/C26H27F2N7O3S2/c1-16-24(26(39-33-16)32-23-14-29-20-7-2-3-8-21(20)31-23)25(36)30-17-5-4-6-18(13-17)34-40(37,38)19-9-11-35(12-10-19)15-22(27)28/h2-8,13-14,19,22,34H,9-12,15H2,1H3,(H,30,36)(H,31,32). The topological polar surface area (TPSA) is 129 Å². The van der Waals surface area contributed by atoms with Crippen LogP contribution in [0.25, 0.3) is 11.0 Å². The molecule has 0 radical (unpaired) electrons. The number of likely N-dealkylation sites (tertiary alicyclic amines) is 1. The van der Waals surface area contributed by atoms with Crippen molar-refractivity contribution in [3.63, 3.8) is 0 Å². The fourth-order valence-corrected chi connectivity index (χ4v) is 6.81. The first-order chi connectivity index (χ1) is 19.2. The van der Waals surface area contributed by atoms with Crippen LogP contribution in [0.15, 0.2) is 54.7 Å². The van der Waals surface area contributed by atoms with Crippen LogP contribution in [0.3, 0.4) is 0 Å². The van der Waals surface area contributed by atoms with Crippen LogP contribution < -0.4 is 15.4 Å². The number of aryl methyl sites for hydroxylation is 1. The zero-order valence-corrected chi connectivity index (χ0v) is 23.1. The molecule has 1 amide bonds. The van der Waals surface area contributed by atoms with Crippen LogP contribution >= 0.6 is 11.5 Å². The summed E-state index contributed by atoms with van der Waals surface area (Å²) in [5.74, 6) is 0.0433. The Morgan fingerprint density at radius 3 is 2.58 bits per heavy atom. The third-order valence-corrected chi connectivity index (χ3v) is 9.25. The van der Waals surface area contributed by atoms with Gasteiger partial charge in [-0.05, 0) is 74.7 Å². The van der Waals surface area contributed by atoms with Crippen molar-refractivity contribution in [3.8, 4) is 0 Å². The number of hydrogen-bond donors (Lipinski definition) is 3. The number of hydrogen-bond acceptors (Lipinski definition) is 9. The van der Waals surface area contributed by atoms with Gasteiger partial charge in [0.05, 0.1) is 46.0 Å². The Morgan fingerprint density at radius 2 is 1.82 bits per heavy atom. The summed E-state index contributed by atoms with van der Waals surface area (Å²) in [6.07, 6.45) is -0.338. The lowest BCUT2D eigenvalue weighted by atomic mass is 10.1. The lowest BCUT2D eigenvalue weighted by Gasteiger charge is -2.31. The zero-order valence-electron chi connectivity index (χ0n) is 21.5. The number of alkyl halides is 2. The summed E-state index contributed by atoms with van der Waals surface area (Å²) in [5, 5.41) is 5.75. The molecule has 3 heterocycles. The number of rotatable bonds is 9. The van der Waals surface area contributed by atoms with Gasteiger partial charge in [0.1, 0.15) is 10.8 Å². The molecule has 5 rings (SSSR count). The maximum atomic E-state index is 13.3. The molecule has 0 atom stereocenters. The molecule has 2 aromatic carbocycles. The van der Waals surface area contributed by atoms with E-state index in [1.807, 2.05) is 24.3 Å². The highest BCUT2D eigenvalue weighted by Gasteiger charge is 2.31. The van der Waals surface area contributed by atoms with E-state index in [0.29, 0.717) is 46.4 Å². The summed E-state index contributed by atoms with van der Waals surface area (Å²) in [7, 11) is -3.75. The number of carbonyl (C=O) groups excluding carboxylic acids is 1. The minimum absolute atomic E-state index is 0.264. The normalized spacial score (nSPS) is 14.9. The molecule has 1 fully saturated rings. The molecule has 210 valence electrons. The third-order valence-electron chi connectivity index (χ3n) is 6.53. The quantitative estimate of drug-likeness (QED) is 0.253. The number of fused-ring (bicyclic) bond motifs is 1. The summed E-state index contributed by atoms with van der Waals surface area (Å²) < 4.78 is 58.1. The summed E-state index contributed by atoms with van der Waals surface area (Å²) in [6, 6.07) is 13.8. The molecule has 0 unspecified atom stereocenters. The molecule has 0 aliphatic carbocycles. The van der Waals surface area contributed by atoms with E-state index in [9.17, 15) is 22.0 Å². The highest BCUT2D eigenvalue weighted by Crippen LogP contribution is 2.29. The fourth-order valence-electron chi connectivity index (χ4n) is 4.56. The summed E-state index contributed by atoms with van der Waals surface area (Å²) in [4.78, 5) is 23.7. The largest absolute Gasteiger partial charge is 0.329 e. The summed E-state index contributed by atoms with van der Waals surface area (Å²) >= 11 is 1.12. The van der Waals surface area contributed by atoms with Gasteiger partial charge in [-0.3, -0.25) is 19.4 Å². The molecule has 40 heavy (non-hydrogen) atoms. The van der Waals surface area contributed by atoms with Crippen molar-refractivity contribution < 1.29 is 22.0 Å². The van der Waals surface area contributed by atoms with Gasteiger partial charge in [-0.2, -0.15) is 4.37 Å². The average molecular weight is 588 g/mol. The molecule has 0 saturated carbocycles. The van der Waals surface area contributed by atoms with Crippen molar-refractivity contribution in [2.24, 2.45) is 0 Å². The molecular formula is C26H27F2N7O3S2.